The lowest BCUT2D eigenvalue weighted by molar-refractivity contribution is -0.289. The number of ether oxygens (including phenoxy) is 2. The van der Waals surface area contributed by atoms with Crippen molar-refractivity contribution >= 4 is 0 Å². The Morgan fingerprint density at radius 2 is 1.42 bits per heavy atom. The predicted molar refractivity (Wildman–Crippen MR) is 123 cm³/mol. The summed E-state index contributed by atoms with van der Waals surface area (Å²) in [6.45, 7) is 8.21. The number of hydroxylamine groups is 2. The van der Waals surface area contributed by atoms with Crippen molar-refractivity contribution in [2.24, 2.45) is 5.92 Å². The fourth-order valence-electron chi connectivity index (χ4n) is 6.80. The van der Waals surface area contributed by atoms with Gasteiger partial charge in [0.1, 0.15) is 0 Å². The van der Waals surface area contributed by atoms with Gasteiger partial charge in [0.15, 0.2) is 11.6 Å². The molecule has 2 atom stereocenters. The Morgan fingerprint density at radius 3 is 1.91 bits per heavy atom. The minimum absolute atomic E-state index is 0.0523. The highest BCUT2D eigenvalue weighted by Gasteiger charge is 2.47. The van der Waals surface area contributed by atoms with Gasteiger partial charge in [-0.2, -0.15) is 0 Å². The second-order valence-electron chi connectivity index (χ2n) is 11.8. The van der Waals surface area contributed by atoms with Crippen molar-refractivity contribution in [2.45, 2.75) is 114 Å². The van der Waals surface area contributed by atoms with Gasteiger partial charge in [-0.15, -0.1) is 10.3 Å². The number of benzene rings is 1. The van der Waals surface area contributed by atoms with Crippen molar-refractivity contribution < 1.29 is 23.5 Å². The molecule has 0 spiro atoms. The van der Waals surface area contributed by atoms with Crippen LogP contribution in [0.1, 0.15) is 102 Å². The maximum Gasteiger partial charge on any atom is 0.162 e. The van der Waals surface area contributed by atoms with E-state index in [9.17, 15) is 5.21 Å². The Kier molecular flexibility index (Phi) is 7.22. The van der Waals surface area contributed by atoms with Crippen LogP contribution < -0.4 is 0 Å². The van der Waals surface area contributed by atoms with Gasteiger partial charge in [0, 0.05) is 18.2 Å². The molecular formula is C27H40F2NO3. The van der Waals surface area contributed by atoms with Crippen molar-refractivity contribution in [2.75, 3.05) is 13.7 Å². The number of piperidine rings is 1. The Hall–Kier alpha value is -1.08. The van der Waals surface area contributed by atoms with Gasteiger partial charge in [0.2, 0.25) is 0 Å². The third kappa shape index (κ3) is 5.00. The van der Waals surface area contributed by atoms with E-state index < -0.39 is 22.7 Å². The zero-order valence-electron chi connectivity index (χ0n) is 20.8. The lowest BCUT2D eigenvalue weighted by Gasteiger charge is -2.50. The van der Waals surface area contributed by atoms with E-state index in [-0.39, 0.29) is 24.0 Å². The van der Waals surface area contributed by atoms with Crippen molar-refractivity contribution in [3.05, 3.63) is 34.9 Å². The molecule has 4 nitrogen and oxygen atoms in total. The summed E-state index contributed by atoms with van der Waals surface area (Å²) < 4.78 is 42.1. The topological polar surface area (TPSA) is 41.6 Å². The normalized spacial score (nSPS) is 33.2. The fraction of sp³-hybridized carbons (Fsp3) is 0.778. The molecule has 33 heavy (non-hydrogen) atoms. The zero-order chi connectivity index (χ0) is 24.0. The largest absolute Gasteiger partial charge is 0.379 e. The van der Waals surface area contributed by atoms with Crippen molar-refractivity contribution in [3.8, 4) is 0 Å². The maximum atomic E-state index is 15.3. The Labute approximate surface area is 197 Å². The van der Waals surface area contributed by atoms with Crippen LogP contribution in [0.25, 0.3) is 0 Å². The number of nitrogens with zero attached hydrogens (tertiary/aromatic N) is 1. The molecule has 2 aliphatic heterocycles. The summed E-state index contributed by atoms with van der Waals surface area (Å²) >= 11 is 0. The van der Waals surface area contributed by atoms with Crippen LogP contribution in [0, 0.1) is 17.6 Å². The number of hydrogen-bond donors (Lipinski definition) is 0. The summed E-state index contributed by atoms with van der Waals surface area (Å²) in [7, 11) is 1.73. The van der Waals surface area contributed by atoms with Crippen LogP contribution in [-0.4, -0.2) is 42.1 Å². The summed E-state index contributed by atoms with van der Waals surface area (Å²) in [5.41, 5.74) is -0.297. The van der Waals surface area contributed by atoms with Crippen LogP contribution in [0.2, 0.25) is 0 Å². The highest BCUT2D eigenvalue weighted by Crippen LogP contribution is 2.47. The monoisotopic (exact) mass is 464 g/mol. The van der Waals surface area contributed by atoms with Gasteiger partial charge in [-0.05, 0) is 108 Å². The number of hydrogen-bond acceptors (Lipinski definition) is 3. The van der Waals surface area contributed by atoms with E-state index in [4.69, 9.17) is 9.47 Å². The molecule has 0 aromatic heterocycles. The second kappa shape index (κ2) is 9.52. The molecule has 1 saturated carbocycles. The average Bonchev–Trinajstić information content (AvgIpc) is 2.79. The third-order valence-electron chi connectivity index (χ3n) is 8.51. The van der Waals surface area contributed by atoms with E-state index in [1.54, 1.807) is 13.2 Å². The quantitative estimate of drug-likeness (QED) is 0.510. The van der Waals surface area contributed by atoms with Crippen LogP contribution >= 0.6 is 0 Å². The zero-order valence-corrected chi connectivity index (χ0v) is 20.8. The standard InChI is InChI=1S/C27H40F2NO3/c1-26(2)14-19(15-27(3,4)30(26)31)22-12-11-21(24(28)25(22)29)17-6-8-18(9-7-17)23-13-10-20(32-5)16-33-23/h11-12,17-20,23H,6-10,13-16H2,1-5H3. The van der Waals surface area contributed by atoms with Crippen molar-refractivity contribution in [3.63, 3.8) is 0 Å². The highest BCUT2D eigenvalue weighted by molar-refractivity contribution is 5.32. The minimum Gasteiger partial charge on any atom is -0.379 e. The van der Waals surface area contributed by atoms with Crippen molar-refractivity contribution in [1.29, 1.82) is 0 Å². The van der Waals surface area contributed by atoms with E-state index in [0.29, 0.717) is 36.5 Å². The van der Waals surface area contributed by atoms with E-state index >= 15 is 8.78 Å². The Bertz CT molecular complexity index is 809. The first-order valence-corrected chi connectivity index (χ1v) is 12.6. The van der Waals surface area contributed by atoms with Gasteiger partial charge in [-0.1, -0.05) is 12.1 Å². The number of halogens is 2. The molecule has 0 bridgehead atoms. The maximum absolute atomic E-state index is 15.3. The molecule has 2 saturated heterocycles. The highest BCUT2D eigenvalue weighted by atomic mass is 19.2. The van der Waals surface area contributed by atoms with Crippen LogP contribution in [0.4, 0.5) is 8.78 Å². The van der Waals surface area contributed by atoms with E-state index in [1.165, 1.54) is 0 Å². The van der Waals surface area contributed by atoms with Gasteiger partial charge >= 0.3 is 0 Å². The average molecular weight is 465 g/mol. The Balaban J connectivity index is 1.43. The van der Waals surface area contributed by atoms with Gasteiger partial charge in [0.05, 0.1) is 18.8 Å². The number of rotatable bonds is 4. The van der Waals surface area contributed by atoms with E-state index in [0.717, 1.165) is 43.6 Å². The first-order valence-electron chi connectivity index (χ1n) is 12.6. The SMILES string of the molecule is COC1CCC(C2CCC(c3ccc(C4CC(C)(C)N([O])C(C)(C)C4)c(F)c3F)CC2)OC1. The minimum atomic E-state index is -0.716. The first-order chi connectivity index (χ1) is 15.5. The van der Waals surface area contributed by atoms with E-state index in [2.05, 4.69) is 0 Å². The van der Waals surface area contributed by atoms with Gasteiger partial charge in [-0.3, -0.25) is 0 Å². The second-order valence-corrected chi connectivity index (χ2v) is 11.8. The molecule has 2 unspecified atom stereocenters. The predicted octanol–water partition coefficient (Wildman–Crippen LogP) is 6.51. The molecule has 1 aliphatic carbocycles. The molecule has 1 aromatic rings. The van der Waals surface area contributed by atoms with Crippen molar-refractivity contribution in [1.82, 2.24) is 5.06 Å². The summed E-state index contributed by atoms with van der Waals surface area (Å²) in [6.07, 6.45) is 7.25. The molecule has 185 valence electrons. The van der Waals surface area contributed by atoms with Gasteiger partial charge < -0.3 is 9.47 Å². The molecule has 0 amide bonds. The number of methoxy groups -OCH3 is 1. The van der Waals surface area contributed by atoms with Crippen LogP contribution in [0.3, 0.4) is 0 Å². The fourth-order valence-corrected chi connectivity index (χ4v) is 6.80. The van der Waals surface area contributed by atoms with E-state index in [1.807, 2.05) is 33.8 Å². The molecule has 2 heterocycles. The molecule has 0 N–H and O–H groups in total. The summed E-state index contributed by atoms with van der Waals surface area (Å²) in [5, 5.41) is 13.8. The van der Waals surface area contributed by atoms with Crippen LogP contribution in [-0.2, 0) is 14.7 Å². The smallest absolute Gasteiger partial charge is 0.162 e. The molecule has 1 aromatic carbocycles. The first kappa shape index (κ1) is 25.0. The third-order valence-corrected chi connectivity index (χ3v) is 8.51. The lowest BCUT2D eigenvalue weighted by Crippen LogP contribution is -2.57. The summed E-state index contributed by atoms with van der Waals surface area (Å²) in [4.78, 5) is 0. The molecule has 1 radical (unpaired) electrons. The van der Waals surface area contributed by atoms with Crippen LogP contribution in [0.5, 0.6) is 0 Å². The molecule has 6 heteroatoms. The molecule has 3 fully saturated rings. The van der Waals surface area contributed by atoms with Crippen LogP contribution in [0.15, 0.2) is 12.1 Å². The molecule has 3 aliphatic rings. The van der Waals surface area contributed by atoms with Gasteiger partial charge in [0.25, 0.3) is 0 Å². The molecule has 4 rings (SSSR count). The molecular weight excluding hydrogens is 424 g/mol. The lowest BCUT2D eigenvalue weighted by atomic mass is 9.71. The summed E-state index contributed by atoms with van der Waals surface area (Å²) in [5.74, 6) is -1.02. The summed E-state index contributed by atoms with van der Waals surface area (Å²) in [6, 6.07) is 3.59. The van der Waals surface area contributed by atoms with Gasteiger partial charge in [-0.25, -0.2) is 8.78 Å². The Morgan fingerprint density at radius 1 is 0.879 bits per heavy atom.